The molecule has 10 nitrogen and oxygen atoms in total. The molecule has 1 aliphatic heterocycles. The van der Waals surface area contributed by atoms with Gasteiger partial charge in [-0.2, -0.15) is 5.26 Å². The predicted octanol–water partition coefficient (Wildman–Crippen LogP) is 5.04. The van der Waals surface area contributed by atoms with Crippen LogP contribution in [0.15, 0.2) is 80.6 Å². The molecule has 0 saturated carbocycles. The zero-order valence-corrected chi connectivity index (χ0v) is 27.9. The normalized spacial score (nSPS) is 14.0. The van der Waals surface area contributed by atoms with Gasteiger partial charge in [0, 0.05) is 16.2 Å². The van der Waals surface area contributed by atoms with Crippen LogP contribution in [0.3, 0.4) is 0 Å². The van der Waals surface area contributed by atoms with E-state index < -0.39 is 12.0 Å². The van der Waals surface area contributed by atoms with Crippen molar-refractivity contribution in [2.24, 2.45) is 4.99 Å². The summed E-state index contributed by atoms with van der Waals surface area (Å²) >= 11 is 4.71. The van der Waals surface area contributed by atoms with Crippen LogP contribution in [0, 0.1) is 11.3 Å². The number of nitriles is 1. The van der Waals surface area contributed by atoms with Crippen molar-refractivity contribution in [1.82, 2.24) is 4.57 Å². The summed E-state index contributed by atoms with van der Waals surface area (Å²) in [5.74, 6) is 1.34. The SMILES string of the molecule is CCOc1ccc([C@H]2C(C(=O)OC)=CN=c3s/c(=C/c4cc(Br)cc(OC)c4OCc4ccc(C#N)cc4)c(=O)n32)cc1OCC. The Morgan fingerprint density at radius 3 is 2.43 bits per heavy atom. The van der Waals surface area contributed by atoms with Gasteiger partial charge in [-0.1, -0.05) is 45.5 Å². The van der Waals surface area contributed by atoms with Crippen molar-refractivity contribution >= 4 is 39.3 Å². The fourth-order valence-corrected chi connectivity index (χ4v) is 6.38. The summed E-state index contributed by atoms with van der Waals surface area (Å²) in [6.07, 6.45) is 3.16. The maximum atomic E-state index is 14.2. The second-order valence-corrected chi connectivity index (χ2v) is 11.8. The van der Waals surface area contributed by atoms with Crippen LogP contribution in [0.1, 0.15) is 42.1 Å². The first-order valence-electron chi connectivity index (χ1n) is 14.3. The lowest BCUT2D eigenvalue weighted by atomic mass is 9.97. The van der Waals surface area contributed by atoms with Gasteiger partial charge in [0.2, 0.25) is 0 Å². The number of halogens is 1. The molecule has 0 saturated heterocycles. The Kier molecular flexibility index (Phi) is 10.2. The van der Waals surface area contributed by atoms with Crippen LogP contribution in [-0.4, -0.2) is 38.0 Å². The molecule has 0 bridgehead atoms. The summed E-state index contributed by atoms with van der Waals surface area (Å²) in [4.78, 5) is 32.0. The zero-order chi connectivity index (χ0) is 32.8. The first-order valence-corrected chi connectivity index (χ1v) is 15.9. The van der Waals surface area contributed by atoms with Gasteiger partial charge in [0.25, 0.3) is 5.56 Å². The molecule has 12 heteroatoms. The summed E-state index contributed by atoms with van der Waals surface area (Å²) in [5, 5.41) is 9.11. The van der Waals surface area contributed by atoms with Crippen LogP contribution in [0.25, 0.3) is 6.08 Å². The van der Waals surface area contributed by atoms with Crippen molar-refractivity contribution in [2.75, 3.05) is 27.4 Å². The Balaban J connectivity index is 1.63. The summed E-state index contributed by atoms with van der Waals surface area (Å²) in [6.45, 7) is 4.79. The molecule has 3 aromatic carbocycles. The molecule has 5 rings (SSSR count). The van der Waals surface area contributed by atoms with E-state index in [1.54, 1.807) is 42.5 Å². The number of hydrogen-bond acceptors (Lipinski definition) is 10. The average Bonchev–Trinajstić information content (AvgIpc) is 3.38. The number of hydrogen-bond donors (Lipinski definition) is 0. The first kappa shape index (κ1) is 32.5. The standard InChI is InChI=1S/C34H30BrN3O7S/c1-5-43-26-12-11-22(14-27(26)44-6-2)30-25(33(40)42-4)18-37-34-38(30)32(39)29(46-34)15-23-13-24(35)16-28(41-3)31(23)45-19-21-9-7-20(17-36)8-10-21/h7-16,18,30H,5-6,19H2,1-4H3/b29-15+/t30-/m0/s1. The van der Waals surface area contributed by atoms with E-state index in [1.165, 1.54) is 36.3 Å². The van der Waals surface area contributed by atoms with Crippen molar-refractivity contribution in [2.45, 2.75) is 26.5 Å². The molecular weight excluding hydrogens is 674 g/mol. The number of esters is 1. The lowest BCUT2D eigenvalue weighted by molar-refractivity contribution is -0.136. The largest absolute Gasteiger partial charge is 0.493 e. The van der Waals surface area contributed by atoms with Gasteiger partial charge in [-0.15, -0.1) is 0 Å². The fourth-order valence-electron chi connectivity index (χ4n) is 4.96. The maximum Gasteiger partial charge on any atom is 0.337 e. The first-order chi connectivity index (χ1) is 22.3. The minimum Gasteiger partial charge on any atom is -0.493 e. The summed E-state index contributed by atoms with van der Waals surface area (Å²) in [5.41, 5.74) is 2.46. The van der Waals surface area contributed by atoms with Crippen LogP contribution in [0.5, 0.6) is 23.0 Å². The molecule has 0 spiro atoms. The number of carbonyl (C=O) groups excluding carboxylic acids is 1. The van der Waals surface area contributed by atoms with E-state index in [9.17, 15) is 9.59 Å². The van der Waals surface area contributed by atoms with Gasteiger partial charge < -0.3 is 23.7 Å². The highest BCUT2D eigenvalue weighted by atomic mass is 79.9. The van der Waals surface area contributed by atoms with E-state index in [0.717, 1.165) is 10.0 Å². The molecule has 236 valence electrons. The number of methoxy groups -OCH3 is 2. The molecule has 1 aromatic heterocycles. The van der Waals surface area contributed by atoms with E-state index in [1.807, 2.05) is 32.0 Å². The van der Waals surface area contributed by atoms with Crippen LogP contribution in [-0.2, 0) is 16.1 Å². The second kappa shape index (κ2) is 14.5. The quantitative estimate of drug-likeness (QED) is 0.199. The number of fused-ring (bicyclic) bond motifs is 1. The van der Waals surface area contributed by atoms with E-state index in [-0.39, 0.29) is 17.7 Å². The van der Waals surface area contributed by atoms with Crippen molar-refractivity contribution in [1.29, 1.82) is 5.26 Å². The molecule has 0 fully saturated rings. The third-order valence-corrected chi connectivity index (χ3v) is 8.48. The number of benzene rings is 3. The number of ether oxygens (including phenoxy) is 5. The van der Waals surface area contributed by atoms with Crippen LogP contribution in [0.4, 0.5) is 0 Å². The van der Waals surface area contributed by atoms with Gasteiger partial charge in [0.1, 0.15) is 6.61 Å². The molecule has 0 amide bonds. The van der Waals surface area contributed by atoms with Crippen molar-refractivity contribution in [3.63, 3.8) is 0 Å². The lowest BCUT2D eigenvalue weighted by Gasteiger charge is -2.23. The van der Waals surface area contributed by atoms with E-state index >= 15 is 0 Å². The number of carbonyl (C=O) groups is 1. The molecule has 1 aliphatic rings. The van der Waals surface area contributed by atoms with Crippen molar-refractivity contribution in [3.8, 4) is 29.1 Å². The van der Waals surface area contributed by atoms with Gasteiger partial charge >= 0.3 is 5.97 Å². The minimum absolute atomic E-state index is 0.198. The van der Waals surface area contributed by atoms with Gasteiger partial charge in [-0.25, -0.2) is 9.79 Å². The van der Waals surface area contributed by atoms with Crippen molar-refractivity contribution in [3.05, 3.63) is 113 Å². The molecule has 2 heterocycles. The zero-order valence-electron chi connectivity index (χ0n) is 25.5. The summed E-state index contributed by atoms with van der Waals surface area (Å²) in [6, 6.07) is 17.3. The van der Waals surface area contributed by atoms with Crippen molar-refractivity contribution < 1.29 is 28.5 Å². The van der Waals surface area contributed by atoms with Gasteiger partial charge in [-0.05, 0) is 67.4 Å². The highest BCUT2D eigenvalue weighted by molar-refractivity contribution is 9.10. The van der Waals surface area contributed by atoms with E-state index in [4.69, 9.17) is 28.9 Å². The average molecular weight is 705 g/mol. The monoisotopic (exact) mass is 703 g/mol. The van der Waals surface area contributed by atoms with Gasteiger partial charge in [-0.3, -0.25) is 9.36 Å². The predicted molar refractivity (Wildman–Crippen MR) is 176 cm³/mol. The van der Waals surface area contributed by atoms with Gasteiger partial charge in [0.05, 0.1) is 55.2 Å². The van der Waals surface area contributed by atoms with Crippen LogP contribution < -0.4 is 33.8 Å². The molecule has 46 heavy (non-hydrogen) atoms. The topological polar surface area (TPSA) is 121 Å². The second-order valence-electron chi connectivity index (χ2n) is 9.87. The molecule has 4 aromatic rings. The Morgan fingerprint density at radius 1 is 1.02 bits per heavy atom. The third kappa shape index (κ3) is 6.71. The van der Waals surface area contributed by atoms with E-state index in [2.05, 4.69) is 27.0 Å². The summed E-state index contributed by atoms with van der Waals surface area (Å²) < 4.78 is 31.1. The number of aromatic nitrogens is 1. The fraction of sp³-hybridized carbons (Fsp3) is 0.235. The minimum atomic E-state index is -0.829. The Morgan fingerprint density at radius 2 is 1.76 bits per heavy atom. The Bertz CT molecular complexity index is 2030. The molecule has 0 radical (unpaired) electrons. The smallest absolute Gasteiger partial charge is 0.337 e. The molecule has 0 unspecified atom stereocenters. The highest BCUT2D eigenvalue weighted by Gasteiger charge is 2.31. The third-order valence-electron chi connectivity index (χ3n) is 7.03. The lowest BCUT2D eigenvalue weighted by Crippen LogP contribution is -2.39. The molecule has 1 atom stereocenters. The highest BCUT2D eigenvalue weighted by Crippen LogP contribution is 2.37. The van der Waals surface area contributed by atoms with Crippen LogP contribution in [0.2, 0.25) is 0 Å². The Hall–Kier alpha value is -4.86. The Labute approximate surface area is 277 Å². The molecule has 0 aliphatic carbocycles. The molecule has 0 N–H and O–H groups in total. The molecular formula is C34H30BrN3O7S. The van der Waals surface area contributed by atoms with Gasteiger partial charge in [0.15, 0.2) is 27.8 Å². The number of thiazole rings is 1. The summed E-state index contributed by atoms with van der Waals surface area (Å²) in [7, 11) is 2.82. The number of nitrogens with zero attached hydrogens (tertiary/aromatic N) is 3. The van der Waals surface area contributed by atoms with E-state index in [0.29, 0.717) is 62.2 Å². The maximum absolute atomic E-state index is 14.2. The number of rotatable bonds is 11. The van der Waals surface area contributed by atoms with Crippen LogP contribution >= 0.6 is 27.3 Å².